The zero-order chi connectivity index (χ0) is 12.3. The van der Waals surface area contributed by atoms with Gasteiger partial charge in [-0.1, -0.05) is 13.8 Å². The van der Waals surface area contributed by atoms with Gasteiger partial charge < -0.3 is 16.2 Å². The number of nitrogens with two attached hydrogens (primary N) is 1. The van der Waals surface area contributed by atoms with Crippen molar-refractivity contribution in [2.45, 2.75) is 26.9 Å². The van der Waals surface area contributed by atoms with Crippen molar-refractivity contribution in [1.82, 2.24) is 0 Å². The molecule has 4 N–H and O–H groups in total. The van der Waals surface area contributed by atoms with Crippen LogP contribution in [0, 0.1) is 18.7 Å². The van der Waals surface area contributed by atoms with Crippen LogP contribution in [0.15, 0.2) is 12.1 Å². The van der Waals surface area contributed by atoms with Gasteiger partial charge in [-0.05, 0) is 30.5 Å². The normalized spacial score (nSPS) is 12.9. The second kappa shape index (κ2) is 5.16. The quantitative estimate of drug-likeness (QED) is 0.689. The monoisotopic (exact) mass is 226 g/mol. The maximum Gasteiger partial charge on any atom is 0.128 e. The predicted octanol–water partition coefficient (Wildman–Crippen LogP) is 2.15. The summed E-state index contributed by atoms with van der Waals surface area (Å²) in [6.45, 7) is 5.96. The third kappa shape index (κ3) is 3.10. The van der Waals surface area contributed by atoms with Gasteiger partial charge in [0.1, 0.15) is 5.82 Å². The molecule has 16 heavy (non-hydrogen) atoms. The molecule has 0 aliphatic heterocycles. The molecule has 3 nitrogen and oxygen atoms in total. The van der Waals surface area contributed by atoms with Crippen LogP contribution in [0.5, 0.6) is 0 Å². The summed E-state index contributed by atoms with van der Waals surface area (Å²) in [5.74, 6) is -0.136. The molecule has 90 valence electrons. The Morgan fingerprint density at radius 2 is 2.06 bits per heavy atom. The van der Waals surface area contributed by atoms with Crippen LogP contribution < -0.4 is 11.1 Å². The van der Waals surface area contributed by atoms with E-state index >= 15 is 0 Å². The van der Waals surface area contributed by atoms with Gasteiger partial charge in [0, 0.05) is 6.54 Å². The molecule has 0 aromatic heterocycles. The van der Waals surface area contributed by atoms with E-state index in [-0.39, 0.29) is 11.7 Å². The van der Waals surface area contributed by atoms with Crippen LogP contribution in [0.1, 0.15) is 19.4 Å². The maximum absolute atomic E-state index is 13.1. The third-order valence-corrected chi connectivity index (χ3v) is 2.60. The Bertz CT molecular complexity index is 366. The molecular formula is C12H19FN2O. The van der Waals surface area contributed by atoms with Crippen LogP contribution in [0.25, 0.3) is 0 Å². The Hall–Kier alpha value is -1.29. The largest absolute Gasteiger partial charge is 0.397 e. The van der Waals surface area contributed by atoms with E-state index in [9.17, 15) is 9.50 Å². The van der Waals surface area contributed by atoms with E-state index in [0.29, 0.717) is 23.5 Å². The highest BCUT2D eigenvalue weighted by Crippen LogP contribution is 2.22. The van der Waals surface area contributed by atoms with Gasteiger partial charge in [0.25, 0.3) is 0 Å². The molecule has 0 saturated heterocycles. The summed E-state index contributed by atoms with van der Waals surface area (Å²) in [6.07, 6.45) is -0.440. The summed E-state index contributed by atoms with van der Waals surface area (Å²) in [5.41, 5.74) is 7.23. The smallest absolute Gasteiger partial charge is 0.128 e. The number of benzene rings is 1. The molecule has 0 saturated carbocycles. The average molecular weight is 226 g/mol. The fourth-order valence-corrected chi connectivity index (χ4v) is 1.30. The van der Waals surface area contributed by atoms with E-state index < -0.39 is 6.10 Å². The minimum atomic E-state index is -0.440. The van der Waals surface area contributed by atoms with Crippen molar-refractivity contribution >= 4 is 11.4 Å². The topological polar surface area (TPSA) is 58.3 Å². The van der Waals surface area contributed by atoms with Gasteiger partial charge >= 0.3 is 0 Å². The number of anilines is 2. The van der Waals surface area contributed by atoms with Crippen molar-refractivity contribution in [1.29, 1.82) is 0 Å². The highest BCUT2D eigenvalue weighted by molar-refractivity contribution is 5.67. The SMILES string of the molecule is Cc1cc(NCC(O)C(C)C)c(N)cc1F. The minimum absolute atomic E-state index is 0.176. The van der Waals surface area contributed by atoms with Crippen molar-refractivity contribution in [3.8, 4) is 0 Å². The van der Waals surface area contributed by atoms with E-state index in [1.165, 1.54) is 6.07 Å². The van der Waals surface area contributed by atoms with Crippen molar-refractivity contribution in [2.75, 3.05) is 17.6 Å². The molecule has 0 amide bonds. The molecule has 0 heterocycles. The number of nitrogens with one attached hydrogen (secondary N) is 1. The molecule has 1 unspecified atom stereocenters. The van der Waals surface area contributed by atoms with E-state index in [4.69, 9.17) is 5.73 Å². The second-order valence-electron chi connectivity index (χ2n) is 4.38. The number of nitrogen functional groups attached to an aromatic ring is 1. The van der Waals surface area contributed by atoms with Gasteiger partial charge in [-0.3, -0.25) is 0 Å². The van der Waals surface area contributed by atoms with Gasteiger partial charge in [-0.25, -0.2) is 4.39 Å². The molecule has 4 heteroatoms. The Kier molecular flexibility index (Phi) is 4.12. The van der Waals surface area contributed by atoms with Crippen molar-refractivity contribution < 1.29 is 9.50 Å². The maximum atomic E-state index is 13.1. The zero-order valence-electron chi connectivity index (χ0n) is 9.92. The highest BCUT2D eigenvalue weighted by atomic mass is 19.1. The van der Waals surface area contributed by atoms with Crippen molar-refractivity contribution in [3.05, 3.63) is 23.5 Å². The van der Waals surface area contributed by atoms with Crippen LogP contribution in [-0.4, -0.2) is 17.8 Å². The van der Waals surface area contributed by atoms with E-state index in [1.807, 2.05) is 13.8 Å². The minimum Gasteiger partial charge on any atom is -0.397 e. The van der Waals surface area contributed by atoms with Crippen LogP contribution in [0.2, 0.25) is 0 Å². The second-order valence-corrected chi connectivity index (χ2v) is 4.38. The molecule has 0 fully saturated rings. The lowest BCUT2D eigenvalue weighted by Gasteiger charge is -2.17. The van der Waals surface area contributed by atoms with Crippen LogP contribution in [0.4, 0.5) is 15.8 Å². The molecule has 0 spiro atoms. The fourth-order valence-electron chi connectivity index (χ4n) is 1.30. The van der Waals surface area contributed by atoms with Gasteiger partial charge in [-0.15, -0.1) is 0 Å². The number of hydrogen-bond donors (Lipinski definition) is 3. The summed E-state index contributed by atoms with van der Waals surface area (Å²) >= 11 is 0. The molecule has 1 rings (SSSR count). The van der Waals surface area contributed by atoms with E-state index in [0.717, 1.165) is 0 Å². The summed E-state index contributed by atoms with van der Waals surface area (Å²) < 4.78 is 13.1. The number of aliphatic hydroxyl groups excluding tert-OH is 1. The van der Waals surface area contributed by atoms with E-state index in [2.05, 4.69) is 5.32 Å². The lowest BCUT2D eigenvalue weighted by atomic mass is 10.1. The first kappa shape index (κ1) is 12.8. The first-order valence-electron chi connectivity index (χ1n) is 5.39. The van der Waals surface area contributed by atoms with Gasteiger partial charge in [0.05, 0.1) is 17.5 Å². The Labute approximate surface area is 95.5 Å². The first-order valence-corrected chi connectivity index (χ1v) is 5.39. The Morgan fingerprint density at radius 1 is 1.44 bits per heavy atom. The van der Waals surface area contributed by atoms with Gasteiger partial charge in [-0.2, -0.15) is 0 Å². The number of aliphatic hydroxyl groups is 1. The summed E-state index contributed by atoms with van der Waals surface area (Å²) in [6, 6.07) is 2.94. The molecule has 0 radical (unpaired) electrons. The lowest BCUT2D eigenvalue weighted by Crippen LogP contribution is -2.25. The first-order chi connectivity index (χ1) is 7.41. The average Bonchev–Trinajstić information content (AvgIpc) is 2.20. The highest BCUT2D eigenvalue weighted by Gasteiger charge is 2.10. The Morgan fingerprint density at radius 3 is 2.62 bits per heavy atom. The molecule has 0 aliphatic rings. The number of halogens is 1. The fraction of sp³-hybridized carbons (Fsp3) is 0.500. The molecular weight excluding hydrogens is 207 g/mol. The van der Waals surface area contributed by atoms with Crippen LogP contribution in [-0.2, 0) is 0 Å². The number of aryl methyl sites for hydroxylation is 1. The molecule has 1 aromatic carbocycles. The van der Waals surface area contributed by atoms with Crippen LogP contribution in [0.3, 0.4) is 0 Å². The lowest BCUT2D eigenvalue weighted by molar-refractivity contribution is 0.138. The zero-order valence-corrected chi connectivity index (χ0v) is 9.92. The van der Waals surface area contributed by atoms with Gasteiger partial charge in [0.15, 0.2) is 0 Å². The summed E-state index contributed by atoms with van der Waals surface area (Å²) in [5, 5.41) is 12.6. The standard InChI is InChI=1S/C12H19FN2O/c1-7(2)12(16)6-15-11-4-8(3)9(13)5-10(11)14/h4-5,7,12,15-16H,6,14H2,1-3H3. The van der Waals surface area contributed by atoms with Crippen molar-refractivity contribution in [3.63, 3.8) is 0 Å². The van der Waals surface area contributed by atoms with E-state index in [1.54, 1.807) is 13.0 Å². The summed E-state index contributed by atoms with van der Waals surface area (Å²) in [7, 11) is 0. The number of hydrogen-bond acceptors (Lipinski definition) is 3. The summed E-state index contributed by atoms with van der Waals surface area (Å²) in [4.78, 5) is 0. The molecule has 1 aromatic rings. The third-order valence-electron chi connectivity index (χ3n) is 2.60. The van der Waals surface area contributed by atoms with Gasteiger partial charge in [0.2, 0.25) is 0 Å². The predicted molar refractivity (Wildman–Crippen MR) is 64.9 cm³/mol. The Balaban J connectivity index is 2.71. The number of rotatable bonds is 4. The molecule has 0 bridgehead atoms. The molecule has 1 atom stereocenters. The van der Waals surface area contributed by atoms with Crippen molar-refractivity contribution in [2.24, 2.45) is 5.92 Å². The van der Waals surface area contributed by atoms with Crippen LogP contribution >= 0.6 is 0 Å². The molecule has 0 aliphatic carbocycles.